The summed E-state index contributed by atoms with van der Waals surface area (Å²) in [6.07, 6.45) is 4.16. The molecule has 1 fully saturated rings. The van der Waals surface area contributed by atoms with Gasteiger partial charge in [0.25, 0.3) is 5.91 Å². The predicted octanol–water partition coefficient (Wildman–Crippen LogP) is 4.04. The number of likely N-dealkylation sites (tertiary alicyclic amines) is 1. The zero-order valence-corrected chi connectivity index (χ0v) is 18.5. The lowest BCUT2D eigenvalue weighted by atomic mass is 10.00. The number of hydrogen-bond donors (Lipinski definition) is 0. The van der Waals surface area contributed by atoms with E-state index in [0.717, 1.165) is 53.0 Å². The van der Waals surface area contributed by atoms with Gasteiger partial charge in [-0.05, 0) is 52.0 Å². The van der Waals surface area contributed by atoms with Gasteiger partial charge in [0.1, 0.15) is 15.7 Å². The van der Waals surface area contributed by atoms with Crippen molar-refractivity contribution in [2.24, 2.45) is 0 Å². The molecule has 8 heteroatoms. The van der Waals surface area contributed by atoms with Crippen LogP contribution in [-0.2, 0) is 14.3 Å². The Morgan fingerprint density at radius 2 is 2.04 bits per heavy atom. The number of amides is 1. The molecular formula is C20H27N3O3S2. The summed E-state index contributed by atoms with van der Waals surface area (Å²) in [7, 11) is 0. The topological polar surface area (TPSA) is 72.4 Å². The second-order valence-electron chi connectivity index (χ2n) is 7.13. The van der Waals surface area contributed by atoms with Crippen LogP contribution >= 0.6 is 23.1 Å². The van der Waals surface area contributed by atoms with Gasteiger partial charge in [0.2, 0.25) is 0 Å². The van der Waals surface area contributed by atoms with Gasteiger partial charge in [-0.15, -0.1) is 11.3 Å². The molecule has 1 atom stereocenters. The highest BCUT2D eigenvalue weighted by Crippen LogP contribution is 2.35. The fraction of sp³-hybridized carbons (Fsp3) is 0.600. The third-order valence-electron chi connectivity index (χ3n) is 5.21. The summed E-state index contributed by atoms with van der Waals surface area (Å²) in [6, 6.07) is 0.274. The van der Waals surface area contributed by atoms with E-state index in [1.165, 1.54) is 16.6 Å². The Labute approximate surface area is 174 Å². The maximum Gasteiger partial charge on any atom is 0.316 e. The van der Waals surface area contributed by atoms with E-state index in [1.807, 2.05) is 11.8 Å². The zero-order chi connectivity index (χ0) is 20.3. The first-order chi connectivity index (χ1) is 13.4. The number of rotatable bonds is 6. The molecule has 152 valence electrons. The first-order valence-corrected chi connectivity index (χ1v) is 11.5. The maximum atomic E-state index is 12.4. The summed E-state index contributed by atoms with van der Waals surface area (Å²) in [5, 5.41) is 1.82. The number of aryl methyl sites for hydroxylation is 3. The molecule has 1 aliphatic rings. The maximum absolute atomic E-state index is 12.4. The van der Waals surface area contributed by atoms with Crippen LogP contribution in [0.2, 0.25) is 0 Å². The van der Waals surface area contributed by atoms with Crippen LogP contribution in [0.4, 0.5) is 0 Å². The van der Waals surface area contributed by atoms with Crippen LogP contribution in [0.25, 0.3) is 10.2 Å². The van der Waals surface area contributed by atoms with Crippen molar-refractivity contribution in [3.63, 3.8) is 0 Å². The van der Waals surface area contributed by atoms with E-state index in [2.05, 4.69) is 30.7 Å². The molecule has 0 aliphatic carbocycles. The van der Waals surface area contributed by atoms with Gasteiger partial charge in [0, 0.05) is 22.8 Å². The van der Waals surface area contributed by atoms with Gasteiger partial charge in [-0.2, -0.15) is 0 Å². The smallest absolute Gasteiger partial charge is 0.316 e. The number of fused-ring (bicyclic) bond motifs is 1. The quantitative estimate of drug-likeness (QED) is 0.398. The van der Waals surface area contributed by atoms with Crippen LogP contribution in [-0.4, -0.2) is 51.7 Å². The second-order valence-corrected chi connectivity index (χ2v) is 9.30. The lowest BCUT2D eigenvalue weighted by Crippen LogP contribution is -2.45. The molecule has 0 saturated carbocycles. The minimum absolute atomic E-state index is 0.0884. The fourth-order valence-electron chi connectivity index (χ4n) is 3.57. The molecule has 0 radical (unpaired) electrons. The van der Waals surface area contributed by atoms with E-state index in [1.54, 1.807) is 11.3 Å². The molecule has 0 aromatic carbocycles. The van der Waals surface area contributed by atoms with Gasteiger partial charge in [-0.25, -0.2) is 9.97 Å². The molecular weight excluding hydrogens is 394 g/mol. The first-order valence-electron chi connectivity index (χ1n) is 9.73. The number of thiophene rings is 1. The average Bonchev–Trinajstić information content (AvgIpc) is 2.97. The Kier molecular flexibility index (Phi) is 6.93. The number of esters is 1. The molecule has 1 aliphatic heterocycles. The van der Waals surface area contributed by atoms with Gasteiger partial charge in [0.15, 0.2) is 6.61 Å². The lowest BCUT2D eigenvalue weighted by molar-refractivity contribution is -0.151. The zero-order valence-electron chi connectivity index (χ0n) is 16.9. The van der Waals surface area contributed by atoms with Crippen molar-refractivity contribution < 1.29 is 14.3 Å². The SMILES string of the molecule is CC[C@@H]1CCCCN1C(=O)COC(=O)CSc1nc(C)nc2sc(C)c(C)c12. The largest absolute Gasteiger partial charge is 0.455 e. The Balaban J connectivity index is 1.57. The van der Waals surface area contributed by atoms with E-state index >= 15 is 0 Å². The monoisotopic (exact) mass is 421 g/mol. The second kappa shape index (κ2) is 9.22. The van der Waals surface area contributed by atoms with Gasteiger partial charge in [0.05, 0.1) is 5.75 Å². The van der Waals surface area contributed by atoms with Crippen LogP contribution in [0.5, 0.6) is 0 Å². The predicted molar refractivity (Wildman–Crippen MR) is 113 cm³/mol. The van der Waals surface area contributed by atoms with E-state index in [-0.39, 0.29) is 24.3 Å². The number of hydrogen-bond acceptors (Lipinski definition) is 7. The number of aromatic nitrogens is 2. The van der Waals surface area contributed by atoms with Crippen LogP contribution in [0.1, 0.15) is 48.9 Å². The minimum atomic E-state index is -0.391. The van der Waals surface area contributed by atoms with Crippen molar-refractivity contribution in [3.05, 3.63) is 16.3 Å². The summed E-state index contributed by atoms with van der Waals surface area (Å²) in [5.74, 6) is 0.340. The molecule has 3 rings (SSSR count). The van der Waals surface area contributed by atoms with Crippen molar-refractivity contribution in [2.45, 2.75) is 64.4 Å². The highest BCUT2D eigenvalue weighted by molar-refractivity contribution is 8.00. The van der Waals surface area contributed by atoms with Gasteiger partial charge in [-0.3, -0.25) is 9.59 Å². The standard InChI is InChI=1S/C20H27N3O3S2/c1-5-15-8-6-7-9-23(15)16(24)10-26-17(25)11-27-19-18-12(2)13(3)28-20(18)22-14(4)21-19/h15H,5-11H2,1-4H3/t15-/m1/s1. The number of carbonyl (C=O) groups is 2. The summed E-state index contributed by atoms with van der Waals surface area (Å²) < 4.78 is 5.26. The van der Waals surface area contributed by atoms with Crippen molar-refractivity contribution in [1.82, 2.24) is 14.9 Å². The van der Waals surface area contributed by atoms with Crippen LogP contribution in [0, 0.1) is 20.8 Å². The van der Waals surface area contributed by atoms with Gasteiger partial charge >= 0.3 is 5.97 Å². The normalized spacial score (nSPS) is 17.1. The van der Waals surface area contributed by atoms with E-state index in [4.69, 9.17) is 4.74 Å². The molecule has 2 aromatic heterocycles. The highest BCUT2D eigenvalue weighted by atomic mass is 32.2. The molecule has 0 spiro atoms. The van der Waals surface area contributed by atoms with E-state index in [9.17, 15) is 9.59 Å². The number of thioether (sulfide) groups is 1. The molecule has 2 aromatic rings. The lowest BCUT2D eigenvalue weighted by Gasteiger charge is -2.35. The van der Waals surface area contributed by atoms with Gasteiger partial charge < -0.3 is 9.64 Å². The molecule has 0 unspecified atom stereocenters. The van der Waals surface area contributed by atoms with Crippen molar-refractivity contribution in [1.29, 1.82) is 0 Å². The van der Waals surface area contributed by atoms with E-state index in [0.29, 0.717) is 5.82 Å². The summed E-state index contributed by atoms with van der Waals surface area (Å²) in [5.41, 5.74) is 1.15. The minimum Gasteiger partial charge on any atom is -0.455 e. The average molecular weight is 422 g/mol. The highest BCUT2D eigenvalue weighted by Gasteiger charge is 2.26. The molecule has 1 saturated heterocycles. The van der Waals surface area contributed by atoms with Crippen LogP contribution in [0.3, 0.4) is 0 Å². The fourth-order valence-corrected chi connectivity index (χ4v) is 5.63. The number of carbonyl (C=O) groups excluding carboxylic acids is 2. The number of piperidine rings is 1. The molecule has 3 heterocycles. The van der Waals surface area contributed by atoms with Crippen molar-refractivity contribution in [3.8, 4) is 0 Å². The number of ether oxygens (including phenoxy) is 1. The Bertz CT molecular complexity index is 881. The molecule has 6 nitrogen and oxygen atoms in total. The van der Waals surface area contributed by atoms with Crippen molar-refractivity contribution >= 4 is 45.2 Å². The third kappa shape index (κ3) is 4.66. The Morgan fingerprint density at radius 1 is 1.25 bits per heavy atom. The van der Waals surface area contributed by atoms with Crippen molar-refractivity contribution in [2.75, 3.05) is 18.9 Å². The molecule has 0 N–H and O–H groups in total. The Morgan fingerprint density at radius 3 is 2.79 bits per heavy atom. The van der Waals surface area contributed by atoms with Gasteiger partial charge in [-0.1, -0.05) is 18.7 Å². The molecule has 0 bridgehead atoms. The van der Waals surface area contributed by atoms with E-state index < -0.39 is 5.97 Å². The molecule has 28 heavy (non-hydrogen) atoms. The summed E-state index contributed by atoms with van der Waals surface area (Å²) in [4.78, 5) is 37.7. The first kappa shape index (κ1) is 21.0. The summed E-state index contributed by atoms with van der Waals surface area (Å²) >= 11 is 2.99. The van der Waals surface area contributed by atoms with Crippen LogP contribution < -0.4 is 0 Å². The summed E-state index contributed by atoms with van der Waals surface area (Å²) in [6.45, 7) is 8.65. The third-order valence-corrected chi connectivity index (χ3v) is 7.26. The van der Waals surface area contributed by atoms with Crippen LogP contribution in [0.15, 0.2) is 5.03 Å². The molecule has 1 amide bonds. The Hall–Kier alpha value is -1.67. The number of nitrogens with zero attached hydrogens (tertiary/aromatic N) is 3.